The smallest absolute Gasteiger partial charge is 0.0690 e. The molecule has 0 spiro atoms. The fourth-order valence-electron chi connectivity index (χ4n) is 3.40. The highest BCUT2D eigenvalue weighted by Crippen LogP contribution is 2.09. The molecule has 2 unspecified atom stereocenters. The lowest BCUT2D eigenvalue weighted by atomic mass is 10.1. The summed E-state index contributed by atoms with van der Waals surface area (Å²) in [6.07, 6.45) is 2.79. The maximum atomic E-state index is 10.2. The van der Waals surface area contributed by atoms with E-state index in [9.17, 15) is 10.2 Å². The summed E-state index contributed by atoms with van der Waals surface area (Å²) in [6.45, 7) is 19.8. The van der Waals surface area contributed by atoms with Crippen molar-refractivity contribution in [1.82, 2.24) is 14.7 Å². The number of aliphatic hydroxyl groups excluding tert-OH is 2. The molecule has 2 atom stereocenters. The Morgan fingerprint density at radius 3 is 1.96 bits per heavy atom. The van der Waals surface area contributed by atoms with Gasteiger partial charge in [-0.25, -0.2) is 0 Å². The molecule has 2 N–H and O–H groups in total. The van der Waals surface area contributed by atoms with Crippen LogP contribution in [0.3, 0.4) is 0 Å². The minimum atomic E-state index is -0.322. The van der Waals surface area contributed by atoms with Gasteiger partial charge in [0.05, 0.1) is 12.2 Å². The third kappa shape index (κ3) is 10.2. The van der Waals surface area contributed by atoms with E-state index in [1.54, 1.807) is 0 Å². The first-order chi connectivity index (χ1) is 12.3. The summed E-state index contributed by atoms with van der Waals surface area (Å²) in [6, 6.07) is 0. The van der Waals surface area contributed by atoms with Crippen molar-refractivity contribution in [2.75, 3.05) is 58.9 Å². The van der Waals surface area contributed by atoms with Crippen LogP contribution in [0.4, 0.5) is 0 Å². The molecule has 5 heteroatoms. The molecule has 1 fully saturated rings. The average molecular weight is 372 g/mol. The molecule has 0 bridgehead atoms. The Morgan fingerprint density at radius 1 is 0.885 bits per heavy atom. The number of hydrogen-bond acceptors (Lipinski definition) is 5. The zero-order chi connectivity index (χ0) is 19.5. The van der Waals surface area contributed by atoms with E-state index in [1.807, 2.05) is 6.92 Å². The minimum Gasteiger partial charge on any atom is -0.392 e. The molecule has 0 radical (unpaired) electrons. The van der Waals surface area contributed by atoms with Gasteiger partial charge >= 0.3 is 0 Å². The van der Waals surface area contributed by atoms with Gasteiger partial charge in [0.1, 0.15) is 0 Å². The van der Waals surface area contributed by atoms with Gasteiger partial charge in [0, 0.05) is 52.4 Å². The van der Waals surface area contributed by atoms with E-state index in [1.165, 1.54) is 32.5 Å². The predicted molar refractivity (Wildman–Crippen MR) is 111 cm³/mol. The number of hydrogen-bond donors (Lipinski definition) is 2. The molecule has 26 heavy (non-hydrogen) atoms. The molecule has 1 rings (SSSR count). The lowest BCUT2D eigenvalue weighted by Crippen LogP contribution is -2.50. The van der Waals surface area contributed by atoms with E-state index in [4.69, 9.17) is 0 Å². The van der Waals surface area contributed by atoms with Crippen LogP contribution in [0.5, 0.6) is 0 Å². The predicted octanol–water partition coefficient (Wildman–Crippen LogP) is 2.13. The zero-order valence-corrected chi connectivity index (χ0v) is 18.0. The lowest BCUT2D eigenvalue weighted by Gasteiger charge is -2.36. The van der Waals surface area contributed by atoms with Crippen molar-refractivity contribution in [3.8, 4) is 0 Å². The highest BCUT2D eigenvalue weighted by Gasteiger charge is 2.20. The van der Waals surface area contributed by atoms with Gasteiger partial charge < -0.3 is 15.1 Å². The van der Waals surface area contributed by atoms with Crippen molar-refractivity contribution in [2.45, 2.75) is 66.1 Å². The van der Waals surface area contributed by atoms with E-state index in [0.717, 1.165) is 38.5 Å². The average Bonchev–Trinajstić information content (AvgIpc) is 2.60. The summed E-state index contributed by atoms with van der Waals surface area (Å²) in [4.78, 5) is 7.37. The standard InChI is InChI=1S/C21H45N3O2/c1-6-20(25)16-24(17-21(26)19(4)5)15-14-23-12-10-22(11-13-23)9-7-8-18(2)3/h18-21,25-26H,6-17H2,1-5H3. The van der Waals surface area contributed by atoms with Crippen LogP contribution < -0.4 is 0 Å². The molecule has 1 aliphatic heterocycles. The molecule has 0 aromatic rings. The summed E-state index contributed by atoms with van der Waals surface area (Å²) >= 11 is 0. The molecule has 1 saturated heterocycles. The zero-order valence-electron chi connectivity index (χ0n) is 18.0. The number of aliphatic hydroxyl groups is 2. The maximum Gasteiger partial charge on any atom is 0.0690 e. The topological polar surface area (TPSA) is 50.2 Å². The maximum absolute atomic E-state index is 10.2. The molecule has 5 nitrogen and oxygen atoms in total. The number of piperazine rings is 1. The van der Waals surface area contributed by atoms with E-state index in [2.05, 4.69) is 42.4 Å². The minimum absolute atomic E-state index is 0.255. The molecule has 156 valence electrons. The molecular weight excluding hydrogens is 326 g/mol. The van der Waals surface area contributed by atoms with E-state index in [-0.39, 0.29) is 18.1 Å². The van der Waals surface area contributed by atoms with Gasteiger partial charge in [-0.05, 0) is 37.6 Å². The van der Waals surface area contributed by atoms with Crippen molar-refractivity contribution in [3.63, 3.8) is 0 Å². The number of nitrogens with zero attached hydrogens (tertiary/aromatic N) is 3. The van der Waals surface area contributed by atoms with Crippen molar-refractivity contribution in [3.05, 3.63) is 0 Å². The summed E-state index contributed by atoms with van der Waals surface area (Å²) in [5.41, 5.74) is 0. The van der Waals surface area contributed by atoms with E-state index in [0.29, 0.717) is 13.1 Å². The van der Waals surface area contributed by atoms with Gasteiger partial charge in [-0.3, -0.25) is 9.80 Å². The van der Waals surface area contributed by atoms with Gasteiger partial charge in [0.15, 0.2) is 0 Å². The van der Waals surface area contributed by atoms with Gasteiger partial charge in [0.2, 0.25) is 0 Å². The van der Waals surface area contributed by atoms with E-state index < -0.39 is 0 Å². The number of rotatable bonds is 13. The fraction of sp³-hybridized carbons (Fsp3) is 1.00. The highest BCUT2D eigenvalue weighted by molar-refractivity contribution is 4.76. The Morgan fingerprint density at radius 2 is 1.46 bits per heavy atom. The Kier molecular flexibility index (Phi) is 12.0. The van der Waals surface area contributed by atoms with Gasteiger partial charge in [0.25, 0.3) is 0 Å². The van der Waals surface area contributed by atoms with Crippen LogP contribution in [-0.4, -0.2) is 96.0 Å². The largest absolute Gasteiger partial charge is 0.392 e. The second kappa shape index (κ2) is 13.1. The van der Waals surface area contributed by atoms with Crippen LogP contribution in [0.25, 0.3) is 0 Å². The summed E-state index contributed by atoms with van der Waals surface area (Å²) in [5, 5.41) is 20.3. The van der Waals surface area contributed by atoms with Crippen LogP contribution in [0.15, 0.2) is 0 Å². The molecule has 0 amide bonds. The van der Waals surface area contributed by atoms with Crippen LogP contribution in [0.2, 0.25) is 0 Å². The molecule has 1 heterocycles. The third-order valence-corrected chi connectivity index (χ3v) is 5.61. The van der Waals surface area contributed by atoms with Crippen molar-refractivity contribution in [1.29, 1.82) is 0 Å². The molecule has 0 saturated carbocycles. The summed E-state index contributed by atoms with van der Waals surface area (Å²) in [5.74, 6) is 1.06. The second-order valence-electron chi connectivity index (χ2n) is 8.85. The monoisotopic (exact) mass is 371 g/mol. The lowest BCUT2D eigenvalue weighted by molar-refractivity contribution is 0.0392. The van der Waals surface area contributed by atoms with Gasteiger partial charge in [-0.1, -0.05) is 34.6 Å². The normalized spacial score (nSPS) is 19.6. The summed E-state index contributed by atoms with van der Waals surface area (Å²) in [7, 11) is 0. The third-order valence-electron chi connectivity index (χ3n) is 5.61. The molecule has 0 aromatic heterocycles. The van der Waals surface area contributed by atoms with Crippen molar-refractivity contribution in [2.24, 2.45) is 11.8 Å². The van der Waals surface area contributed by atoms with Crippen LogP contribution in [-0.2, 0) is 0 Å². The summed E-state index contributed by atoms with van der Waals surface area (Å²) < 4.78 is 0. The quantitative estimate of drug-likeness (QED) is 0.519. The molecule has 1 aliphatic rings. The van der Waals surface area contributed by atoms with Crippen LogP contribution >= 0.6 is 0 Å². The van der Waals surface area contributed by atoms with Gasteiger partial charge in [-0.2, -0.15) is 0 Å². The van der Waals surface area contributed by atoms with E-state index >= 15 is 0 Å². The SMILES string of the molecule is CCC(O)CN(CCN1CCN(CCCC(C)C)CC1)CC(O)C(C)C. The Labute approximate surface area is 162 Å². The highest BCUT2D eigenvalue weighted by atomic mass is 16.3. The Hall–Kier alpha value is -0.200. The van der Waals surface area contributed by atoms with Crippen LogP contribution in [0, 0.1) is 11.8 Å². The second-order valence-corrected chi connectivity index (χ2v) is 8.85. The first kappa shape index (κ1) is 23.8. The van der Waals surface area contributed by atoms with Crippen molar-refractivity contribution >= 4 is 0 Å². The molecule has 0 aromatic carbocycles. The molecular formula is C21H45N3O2. The molecule has 0 aliphatic carbocycles. The fourth-order valence-corrected chi connectivity index (χ4v) is 3.40. The van der Waals surface area contributed by atoms with Gasteiger partial charge in [-0.15, -0.1) is 0 Å². The van der Waals surface area contributed by atoms with Crippen molar-refractivity contribution < 1.29 is 10.2 Å². The first-order valence-electron chi connectivity index (χ1n) is 10.8. The Bertz CT molecular complexity index is 344. The van der Waals surface area contributed by atoms with Crippen LogP contribution in [0.1, 0.15) is 53.9 Å². The first-order valence-corrected chi connectivity index (χ1v) is 10.8. The Balaban J connectivity index is 2.32.